The third-order valence-electron chi connectivity index (χ3n) is 3.75. The summed E-state index contributed by atoms with van der Waals surface area (Å²) in [6, 6.07) is 13.6. The topological polar surface area (TPSA) is 81.5 Å². The molecule has 1 atom stereocenters. The van der Waals surface area contributed by atoms with Crippen molar-refractivity contribution >= 4 is 11.6 Å². The summed E-state index contributed by atoms with van der Waals surface area (Å²) in [7, 11) is 1.35. The van der Waals surface area contributed by atoms with Gasteiger partial charge in [0.25, 0.3) is 5.91 Å². The fourth-order valence-electron chi connectivity index (χ4n) is 2.49. The summed E-state index contributed by atoms with van der Waals surface area (Å²) in [4.78, 5) is 23.1. The van der Waals surface area contributed by atoms with Crippen LogP contribution in [0.15, 0.2) is 48.5 Å². The molecule has 0 fully saturated rings. The molecule has 0 bridgehead atoms. The fourth-order valence-corrected chi connectivity index (χ4v) is 2.49. The van der Waals surface area contributed by atoms with Crippen molar-refractivity contribution in [2.45, 2.75) is 19.9 Å². The highest BCUT2D eigenvalue weighted by Crippen LogP contribution is 2.28. The SMILES string of the molecule is COc1ccc(C(=O)N[C@@H](c2ccccc2)C(C)C)cc1[N+](=O)[O-]. The molecule has 6 nitrogen and oxygen atoms in total. The first-order valence-electron chi connectivity index (χ1n) is 7.62. The lowest BCUT2D eigenvalue weighted by Gasteiger charge is -2.23. The molecule has 1 amide bonds. The number of rotatable bonds is 6. The Morgan fingerprint density at radius 1 is 1.17 bits per heavy atom. The predicted octanol–water partition coefficient (Wildman–Crippen LogP) is 3.73. The quantitative estimate of drug-likeness (QED) is 0.647. The number of hydrogen-bond donors (Lipinski definition) is 1. The monoisotopic (exact) mass is 328 g/mol. The van der Waals surface area contributed by atoms with Crippen LogP contribution in [0, 0.1) is 16.0 Å². The van der Waals surface area contributed by atoms with E-state index in [4.69, 9.17) is 4.74 Å². The van der Waals surface area contributed by atoms with Gasteiger partial charge in [0, 0.05) is 11.6 Å². The van der Waals surface area contributed by atoms with Crippen LogP contribution in [0.1, 0.15) is 35.8 Å². The molecule has 0 aliphatic carbocycles. The Balaban J connectivity index is 2.28. The first kappa shape index (κ1) is 17.5. The van der Waals surface area contributed by atoms with Gasteiger partial charge in [-0.3, -0.25) is 14.9 Å². The number of ether oxygens (including phenoxy) is 1. The number of nitro groups is 1. The van der Waals surface area contributed by atoms with Crippen molar-refractivity contribution in [2.75, 3.05) is 7.11 Å². The minimum atomic E-state index is -0.563. The summed E-state index contributed by atoms with van der Waals surface area (Å²) in [6.45, 7) is 4.02. The number of carbonyl (C=O) groups excluding carboxylic acids is 1. The van der Waals surface area contributed by atoms with Crippen molar-refractivity contribution in [2.24, 2.45) is 5.92 Å². The number of carbonyl (C=O) groups is 1. The van der Waals surface area contributed by atoms with Crippen LogP contribution in [0.5, 0.6) is 5.75 Å². The van der Waals surface area contributed by atoms with E-state index in [1.165, 1.54) is 25.3 Å². The highest BCUT2D eigenvalue weighted by molar-refractivity contribution is 5.95. The zero-order valence-electron chi connectivity index (χ0n) is 13.9. The number of amides is 1. The average molecular weight is 328 g/mol. The van der Waals surface area contributed by atoms with Crippen LogP contribution in [0.3, 0.4) is 0 Å². The van der Waals surface area contributed by atoms with Crippen molar-refractivity contribution in [1.82, 2.24) is 5.32 Å². The van der Waals surface area contributed by atoms with Crippen molar-refractivity contribution in [1.29, 1.82) is 0 Å². The second-order valence-electron chi connectivity index (χ2n) is 5.75. The Morgan fingerprint density at radius 3 is 2.38 bits per heavy atom. The van der Waals surface area contributed by atoms with E-state index in [1.807, 2.05) is 44.2 Å². The van der Waals surface area contributed by atoms with Crippen LogP contribution in [0.2, 0.25) is 0 Å². The standard InChI is InChI=1S/C18H20N2O4/c1-12(2)17(13-7-5-4-6-8-13)19-18(21)14-9-10-16(24-3)15(11-14)20(22)23/h4-12,17H,1-3H3,(H,19,21)/t17-/m1/s1. The molecule has 6 heteroatoms. The van der Waals surface area contributed by atoms with E-state index in [1.54, 1.807) is 0 Å². The maximum Gasteiger partial charge on any atom is 0.311 e. The molecule has 0 saturated carbocycles. The number of nitro benzene ring substituents is 1. The Hall–Kier alpha value is -2.89. The van der Waals surface area contributed by atoms with Crippen molar-refractivity contribution in [3.05, 3.63) is 69.8 Å². The van der Waals surface area contributed by atoms with Crippen molar-refractivity contribution in [3.8, 4) is 5.75 Å². The van der Waals surface area contributed by atoms with Crippen LogP contribution < -0.4 is 10.1 Å². The molecule has 24 heavy (non-hydrogen) atoms. The van der Waals surface area contributed by atoms with Gasteiger partial charge in [0.1, 0.15) is 0 Å². The van der Waals surface area contributed by atoms with E-state index in [9.17, 15) is 14.9 Å². The maximum absolute atomic E-state index is 12.5. The lowest BCUT2D eigenvalue weighted by Crippen LogP contribution is -2.31. The smallest absolute Gasteiger partial charge is 0.311 e. The number of nitrogens with zero attached hydrogens (tertiary/aromatic N) is 1. The van der Waals surface area contributed by atoms with Crippen LogP contribution >= 0.6 is 0 Å². The molecule has 0 aromatic heterocycles. The Morgan fingerprint density at radius 2 is 1.83 bits per heavy atom. The number of nitrogens with one attached hydrogen (secondary N) is 1. The van der Waals surface area contributed by atoms with Gasteiger partial charge in [0.15, 0.2) is 5.75 Å². The maximum atomic E-state index is 12.5. The van der Waals surface area contributed by atoms with E-state index < -0.39 is 4.92 Å². The third-order valence-corrected chi connectivity index (χ3v) is 3.75. The molecular formula is C18H20N2O4. The number of benzene rings is 2. The van der Waals surface area contributed by atoms with Crippen molar-refractivity contribution in [3.63, 3.8) is 0 Å². The molecule has 0 aliphatic rings. The van der Waals surface area contributed by atoms with E-state index in [2.05, 4.69) is 5.32 Å². The molecule has 0 radical (unpaired) electrons. The Labute approximate surface area is 140 Å². The molecular weight excluding hydrogens is 308 g/mol. The van der Waals surface area contributed by atoms with Gasteiger partial charge in [-0.15, -0.1) is 0 Å². The lowest BCUT2D eigenvalue weighted by atomic mass is 9.95. The molecule has 0 heterocycles. The summed E-state index contributed by atoms with van der Waals surface area (Å²) >= 11 is 0. The summed E-state index contributed by atoms with van der Waals surface area (Å²) in [5.74, 6) is -0.0621. The third kappa shape index (κ3) is 3.90. The van der Waals surface area contributed by atoms with E-state index in [0.29, 0.717) is 0 Å². The summed E-state index contributed by atoms with van der Waals surface area (Å²) < 4.78 is 4.96. The van der Waals surface area contributed by atoms with E-state index in [-0.39, 0.29) is 34.9 Å². The second-order valence-corrected chi connectivity index (χ2v) is 5.75. The molecule has 2 rings (SSSR count). The van der Waals surface area contributed by atoms with E-state index >= 15 is 0 Å². The average Bonchev–Trinajstić information content (AvgIpc) is 2.59. The molecule has 0 unspecified atom stereocenters. The van der Waals surface area contributed by atoms with Gasteiger partial charge in [0.2, 0.25) is 0 Å². The lowest BCUT2D eigenvalue weighted by molar-refractivity contribution is -0.385. The van der Waals surface area contributed by atoms with Gasteiger partial charge in [-0.25, -0.2) is 0 Å². The number of hydrogen-bond acceptors (Lipinski definition) is 4. The highest BCUT2D eigenvalue weighted by Gasteiger charge is 2.22. The zero-order chi connectivity index (χ0) is 17.7. The van der Waals surface area contributed by atoms with Gasteiger partial charge < -0.3 is 10.1 Å². The highest BCUT2D eigenvalue weighted by atomic mass is 16.6. The first-order valence-corrected chi connectivity index (χ1v) is 7.62. The summed E-state index contributed by atoms with van der Waals surface area (Å²) in [6.07, 6.45) is 0. The second kappa shape index (κ2) is 7.59. The van der Waals surface area contributed by atoms with Crippen LogP contribution in [0.25, 0.3) is 0 Å². The van der Waals surface area contributed by atoms with E-state index in [0.717, 1.165) is 5.56 Å². The van der Waals surface area contributed by atoms with Gasteiger partial charge in [-0.2, -0.15) is 0 Å². The molecule has 1 N–H and O–H groups in total. The first-order chi connectivity index (χ1) is 11.4. The minimum absolute atomic E-state index is 0.125. The Bertz CT molecular complexity index is 729. The number of methoxy groups -OCH3 is 1. The largest absolute Gasteiger partial charge is 0.490 e. The van der Waals surface area contributed by atoms with Gasteiger partial charge in [-0.1, -0.05) is 44.2 Å². The van der Waals surface area contributed by atoms with Crippen LogP contribution in [-0.2, 0) is 0 Å². The van der Waals surface area contributed by atoms with Gasteiger partial charge >= 0.3 is 5.69 Å². The van der Waals surface area contributed by atoms with Gasteiger partial charge in [0.05, 0.1) is 18.1 Å². The van der Waals surface area contributed by atoms with Crippen LogP contribution in [-0.4, -0.2) is 17.9 Å². The van der Waals surface area contributed by atoms with Crippen LogP contribution in [0.4, 0.5) is 5.69 Å². The predicted molar refractivity (Wildman–Crippen MR) is 91.1 cm³/mol. The van der Waals surface area contributed by atoms with Gasteiger partial charge in [-0.05, 0) is 23.6 Å². The minimum Gasteiger partial charge on any atom is -0.490 e. The molecule has 2 aromatic carbocycles. The normalized spacial score (nSPS) is 11.8. The summed E-state index contributed by atoms with van der Waals surface area (Å²) in [5, 5.41) is 14.1. The zero-order valence-corrected chi connectivity index (χ0v) is 13.9. The molecule has 126 valence electrons. The molecule has 0 aliphatic heterocycles. The Kier molecular flexibility index (Phi) is 5.52. The molecule has 0 saturated heterocycles. The molecule has 0 spiro atoms. The van der Waals surface area contributed by atoms with Crippen molar-refractivity contribution < 1.29 is 14.5 Å². The summed E-state index contributed by atoms with van der Waals surface area (Å²) in [5.41, 5.74) is 0.985. The molecule has 2 aromatic rings. The fraction of sp³-hybridized carbons (Fsp3) is 0.278.